The SMILES string of the molecule is O=C(O)C1CCCC1C(=O)NC1CCCC1n1ccnc1. The maximum Gasteiger partial charge on any atom is 0.307 e. The Morgan fingerprint density at radius 3 is 2.62 bits per heavy atom. The first-order valence-electron chi connectivity index (χ1n) is 7.67. The van der Waals surface area contributed by atoms with Crippen molar-refractivity contribution in [3.63, 3.8) is 0 Å². The number of aromatic nitrogens is 2. The minimum atomic E-state index is -0.842. The first-order valence-corrected chi connectivity index (χ1v) is 7.67. The number of nitrogens with zero attached hydrogens (tertiary/aromatic N) is 2. The Morgan fingerprint density at radius 2 is 1.90 bits per heavy atom. The molecule has 0 saturated heterocycles. The van der Waals surface area contributed by atoms with Crippen LogP contribution in [0, 0.1) is 11.8 Å². The van der Waals surface area contributed by atoms with E-state index in [0.717, 1.165) is 25.7 Å². The minimum absolute atomic E-state index is 0.0849. The van der Waals surface area contributed by atoms with E-state index < -0.39 is 11.9 Å². The van der Waals surface area contributed by atoms with Crippen molar-refractivity contribution >= 4 is 11.9 Å². The molecule has 1 heterocycles. The van der Waals surface area contributed by atoms with Gasteiger partial charge in [-0.05, 0) is 32.1 Å². The fourth-order valence-electron chi connectivity index (χ4n) is 3.79. The molecule has 0 bridgehead atoms. The van der Waals surface area contributed by atoms with E-state index in [1.165, 1.54) is 0 Å². The van der Waals surface area contributed by atoms with E-state index >= 15 is 0 Å². The van der Waals surface area contributed by atoms with Crippen LogP contribution in [0.2, 0.25) is 0 Å². The third-order valence-corrected chi connectivity index (χ3v) is 4.88. The summed E-state index contributed by atoms with van der Waals surface area (Å²) in [4.78, 5) is 27.7. The van der Waals surface area contributed by atoms with Crippen LogP contribution in [0.4, 0.5) is 0 Å². The van der Waals surface area contributed by atoms with Crippen LogP contribution < -0.4 is 5.32 Å². The zero-order chi connectivity index (χ0) is 14.8. The fourth-order valence-corrected chi connectivity index (χ4v) is 3.79. The number of nitrogens with one attached hydrogen (secondary N) is 1. The van der Waals surface area contributed by atoms with Gasteiger partial charge in [0.2, 0.25) is 5.91 Å². The molecular formula is C15H21N3O3. The number of carboxylic acid groups (broad SMARTS) is 1. The van der Waals surface area contributed by atoms with E-state index in [4.69, 9.17) is 0 Å². The highest BCUT2D eigenvalue weighted by Gasteiger charge is 2.39. The van der Waals surface area contributed by atoms with E-state index in [2.05, 4.69) is 10.3 Å². The third kappa shape index (κ3) is 2.80. The molecule has 1 amide bonds. The Kier molecular flexibility index (Phi) is 3.94. The molecule has 0 spiro atoms. The molecule has 2 aliphatic rings. The molecular weight excluding hydrogens is 270 g/mol. The summed E-state index contributed by atoms with van der Waals surface area (Å²) in [7, 11) is 0. The van der Waals surface area contributed by atoms with E-state index in [-0.39, 0.29) is 23.9 Å². The van der Waals surface area contributed by atoms with Gasteiger partial charge in [0.1, 0.15) is 0 Å². The summed E-state index contributed by atoms with van der Waals surface area (Å²) in [5.74, 6) is -1.81. The van der Waals surface area contributed by atoms with E-state index in [1.807, 2.05) is 10.8 Å². The lowest BCUT2D eigenvalue weighted by molar-refractivity contribution is -0.146. The first-order chi connectivity index (χ1) is 10.2. The summed E-state index contributed by atoms with van der Waals surface area (Å²) in [5, 5.41) is 12.3. The molecule has 3 rings (SSSR count). The van der Waals surface area contributed by atoms with Gasteiger partial charge in [-0.3, -0.25) is 9.59 Å². The largest absolute Gasteiger partial charge is 0.481 e. The molecule has 2 aliphatic carbocycles. The summed E-state index contributed by atoms with van der Waals surface area (Å²) in [5.41, 5.74) is 0. The topological polar surface area (TPSA) is 84.2 Å². The van der Waals surface area contributed by atoms with Crippen LogP contribution >= 0.6 is 0 Å². The zero-order valence-electron chi connectivity index (χ0n) is 11.9. The van der Waals surface area contributed by atoms with Gasteiger partial charge in [0.15, 0.2) is 0 Å². The molecule has 2 N–H and O–H groups in total. The molecule has 2 saturated carbocycles. The number of imidazole rings is 1. The van der Waals surface area contributed by atoms with Crippen LogP contribution in [0.15, 0.2) is 18.7 Å². The maximum atomic E-state index is 12.4. The first kappa shape index (κ1) is 14.1. The summed E-state index contributed by atoms with van der Waals surface area (Å²) >= 11 is 0. The number of carbonyl (C=O) groups is 2. The van der Waals surface area contributed by atoms with Gasteiger partial charge in [0.05, 0.1) is 24.2 Å². The van der Waals surface area contributed by atoms with Crippen molar-refractivity contribution in [3.8, 4) is 0 Å². The predicted molar refractivity (Wildman–Crippen MR) is 75.5 cm³/mol. The Bertz CT molecular complexity index is 514. The number of rotatable bonds is 4. The fraction of sp³-hybridized carbons (Fsp3) is 0.667. The Labute approximate surface area is 123 Å². The quantitative estimate of drug-likeness (QED) is 0.882. The third-order valence-electron chi connectivity index (χ3n) is 4.88. The molecule has 114 valence electrons. The number of carboxylic acids is 1. The van der Waals surface area contributed by atoms with Crippen molar-refractivity contribution in [1.29, 1.82) is 0 Å². The molecule has 1 aromatic rings. The number of aliphatic carboxylic acids is 1. The lowest BCUT2D eigenvalue weighted by atomic mass is 9.95. The second-order valence-corrected chi connectivity index (χ2v) is 6.11. The molecule has 2 fully saturated rings. The van der Waals surface area contributed by atoms with E-state index in [9.17, 15) is 14.7 Å². The van der Waals surface area contributed by atoms with Crippen LogP contribution in [0.5, 0.6) is 0 Å². The van der Waals surface area contributed by atoms with Gasteiger partial charge >= 0.3 is 5.97 Å². The number of amides is 1. The van der Waals surface area contributed by atoms with Gasteiger partial charge < -0.3 is 15.0 Å². The lowest BCUT2D eigenvalue weighted by Crippen LogP contribution is -2.43. The normalized spacial score (nSPS) is 32.2. The van der Waals surface area contributed by atoms with Gasteiger partial charge in [0.25, 0.3) is 0 Å². The Morgan fingerprint density at radius 1 is 1.14 bits per heavy atom. The van der Waals surface area contributed by atoms with Gasteiger partial charge in [-0.25, -0.2) is 4.98 Å². The molecule has 21 heavy (non-hydrogen) atoms. The highest BCUT2D eigenvalue weighted by molar-refractivity contribution is 5.85. The van der Waals surface area contributed by atoms with Crippen molar-refractivity contribution in [2.75, 3.05) is 0 Å². The minimum Gasteiger partial charge on any atom is -0.481 e. The summed E-state index contributed by atoms with van der Waals surface area (Å²) in [6.07, 6.45) is 10.6. The van der Waals surface area contributed by atoms with Gasteiger partial charge in [0, 0.05) is 18.4 Å². The standard InChI is InChI=1S/C15H21N3O3/c19-14(10-3-1-4-11(10)15(20)21)17-12-5-2-6-13(12)18-8-7-16-9-18/h7-13H,1-6H2,(H,17,19)(H,20,21). The molecule has 4 unspecified atom stereocenters. The highest BCUT2D eigenvalue weighted by Crippen LogP contribution is 2.34. The van der Waals surface area contributed by atoms with Crippen LogP contribution in [0.25, 0.3) is 0 Å². The smallest absolute Gasteiger partial charge is 0.307 e. The predicted octanol–water partition coefficient (Wildman–Crippen LogP) is 1.59. The van der Waals surface area contributed by atoms with Crippen LogP contribution in [0.1, 0.15) is 44.6 Å². The molecule has 1 aromatic heterocycles. The summed E-state index contributed by atoms with van der Waals surface area (Å²) in [6.45, 7) is 0. The van der Waals surface area contributed by atoms with Gasteiger partial charge in [-0.2, -0.15) is 0 Å². The van der Waals surface area contributed by atoms with Crippen molar-refractivity contribution < 1.29 is 14.7 Å². The van der Waals surface area contributed by atoms with Gasteiger partial charge in [-0.15, -0.1) is 0 Å². The van der Waals surface area contributed by atoms with E-state index in [1.54, 1.807) is 12.5 Å². The Hall–Kier alpha value is -1.85. The second kappa shape index (κ2) is 5.87. The molecule has 0 aliphatic heterocycles. The average Bonchev–Trinajstić information content (AvgIpc) is 3.19. The van der Waals surface area contributed by atoms with Crippen molar-refractivity contribution in [3.05, 3.63) is 18.7 Å². The number of carbonyl (C=O) groups excluding carboxylic acids is 1. The van der Waals surface area contributed by atoms with Crippen LogP contribution in [0.3, 0.4) is 0 Å². The highest BCUT2D eigenvalue weighted by atomic mass is 16.4. The van der Waals surface area contributed by atoms with Crippen molar-refractivity contribution in [2.45, 2.75) is 50.6 Å². The monoisotopic (exact) mass is 291 g/mol. The number of hydrogen-bond donors (Lipinski definition) is 2. The molecule has 6 nitrogen and oxygen atoms in total. The molecule has 6 heteroatoms. The maximum absolute atomic E-state index is 12.4. The second-order valence-electron chi connectivity index (χ2n) is 6.11. The summed E-state index contributed by atoms with van der Waals surface area (Å²) < 4.78 is 2.04. The van der Waals surface area contributed by atoms with Crippen molar-refractivity contribution in [2.24, 2.45) is 11.8 Å². The van der Waals surface area contributed by atoms with E-state index in [0.29, 0.717) is 12.8 Å². The summed E-state index contributed by atoms with van der Waals surface area (Å²) in [6, 6.07) is 0.322. The van der Waals surface area contributed by atoms with Gasteiger partial charge in [-0.1, -0.05) is 6.42 Å². The molecule has 0 radical (unpaired) electrons. The Balaban J connectivity index is 1.65. The van der Waals surface area contributed by atoms with Crippen LogP contribution in [-0.2, 0) is 9.59 Å². The van der Waals surface area contributed by atoms with Crippen molar-refractivity contribution in [1.82, 2.24) is 14.9 Å². The lowest BCUT2D eigenvalue weighted by Gasteiger charge is -2.24. The average molecular weight is 291 g/mol. The number of hydrogen-bond acceptors (Lipinski definition) is 3. The zero-order valence-corrected chi connectivity index (χ0v) is 11.9. The van der Waals surface area contributed by atoms with Crippen LogP contribution in [-0.4, -0.2) is 32.6 Å². The molecule has 4 atom stereocenters. The molecule has 0 aromatic carbocycles.